The summed E-state index contributed by atoms with van der Waals surface area (Å²) in [4.78, 5) is 27.7. The third-order valence-corrected chi connectivity index (χ3v) is 3.92. The molecule has 0 saturated heterocycles. The number of primary amides is 1. The summed E-state index contributed by atoms with van der Waals surface area (Å²) in [6, 6.07) is 3.43. The molecule has 1 aromatic rings. The summed E-state index contributed by atoms with van der Waals surface area (Å²) in [5, 5.41) is 5.62. The fourth-order valence-corrected chi connectivity index (χ4v) is 2.81. The highest BCUT2D eigenvalue weighted by atomic mass is 16.2. The van der Waals surface area contributed by atoms with Gasteiger partial charge in [-0.2, -0.15) is 0 Å². The number of hydrogen-bond acceptors (Lipinski definition) is 3. The lowest BCUT2D eigenvalue weighted by atomic mass is 9.97. The van der Waals surface area contributed by atoms with Crippen LogP contribution in [0.25, 0.3) is 0 Å². The first kappa shape index (κ1) is 15.3. The predicted octanol–water partition coefficient (Wildman–Crippen LogP) is 1.11. The van der Waals surface area contributed by atoms with Crippen LogP contribution >= 0.6 is 0 Å². The van der Waals surface area contributed by atoms with E-state index in [2.05, 4.69) is 15.6 Å². The number of amides is 3. The minimum absolute atomic E-state index is 0.0551. The quantitative estimate of drug-likeness (QED) is 0.757. The van der Waals surface area contributed by atoms with E-state index in [0.717, 1.165) is 18.4 Å². The van der Waals surface area contributed by atoms with Crippen LogP contribution in [0.3, 0.4) is 0 Å². The van der Waals surface area contributed by atoms with Crippen molar-refractivity contribution in [2.75, 3.05) is 0 Å². The number of nitrogens with two attached hydrogens (primary N) is 1. The average molecular weight is 290 g/mol. The number of carbonyl (C=O) groups excluding carboxylic acids is 2. The predicted molar refractivity (Wildman–Crippen MR) is 79.5 cm³/mol. The first-order valence-electron chi connectivity index (χ1n) is 7.29. The normalized spacial score (nSPS) is 18.0. The van der Waals surface area contributed by atoms with Crippen LogP contribution in [0.15, 0.2) is 24.5 Å². The van der Waals surface area contributed by atoms with Crippen molar-refractivity contribution in [2.24, 2.45) is 5.73 Å². The molecule has 6 heteroatoms. The highest BCUT2D eigenvalue weighted by Gasteiger charge is 2.40. The fourth-order valence-electron chi connectivity index (χ4n) is 2.81. The molecule has 1 aliphatic rings. The molecule has 0 radical (unpaired) electrons. The van der Waals surface area contributed by atoms with Crippen molar-refractivity contribution in [3.63, 3.8) is 0 Å². The van der Waals surface area contributed by atoms with E-state index < -0.39 is 11.4 Å². The molecule has 114 valence electrons. The van der Waals surface area contributed by atoms with Crippen LogP contribution in [0.4, 0.5) is 4.79 Å². The van der Waals surface area contributed by atoms with Crippen molar-refractivity contribution in [2.45, 2.75) is 50.6 Å². The molecule has 0 spiro atoms. The third-order valence-electron chi connectivity index (χ3n) is 3.92. The number of nitrogens with one attached hydrogen (secondary N) is 2. The monoisotopic (exact) mass is 290 g/mol. The number of urea groups is 1. The van der Waals surface area contributed by atoms with Gasteiger partial charge in [0.2, 0.25) is 5.91 Å². The molecule has 1 fully saturated rings. The summed E-state index contributed by atoms with van der Waals surface area (Å²) in [6.45, 7) is 1.91. The first-order valence-corrected chi connectivity index (χ1v) is 7.29. The Morgan fingerprint density at radius 3 is 2.71 bits per heavy atom. The van der Waals surface area contributed by atoms with Gasteiger partial charge >= 0.3 is 6.03 Å². The molecular formula is C15H22N4O2. The molecule has 6 nitrogen and oxygen atoms in total. The van der Waals surface area contributed by atoms with Gasteiger partial charge in [0.25, 0.3) is 0 Å². The van der Waals surface area contributed by atoms with Gasteiger partial charge in [-0.1, -0.05) is 18.9 Å². The van der Waals surface area contributed by atoms with Gasteiger partial charge in [0.05, 0.1) is 0 Å². The van der Waals surface area contributed by atoms with E-state index in [0.29, 0.717) is 19.3 Å². The summed E-state index contributed by atoms with van der Waals surface area (Å²) in [6.07, 6.45) is 7.23. The van der Waals surface area contributed by atoms with Crippen LogP contribution in [0.5, 0.6) is 0 Å². The van der Waals surface area contributed by atoms with E-state index >= 15 is 0 Å². The summed E-state index contributed by atoms with van der Waals surface area (Å²) < 4.78 is 0. The van der Waals surface area contributed by atoms with Gasteiger partial charge in [-0.3, -0.25) is 9.78 Å². The lowest BCUT2D eigenvalue weighted by Crippen LogP contribution is -2.59. The Kier molecular flexibility index (Phi) is 4.77. The van der Waals surface area contributed by atoms with Gasteiger partial charge in [-0.15, -0.1) is 0 Å². The Bertz CT molecular complexity index is 498. The van der Waals surface area contributed by atoms with E-state index in [-0.39, 0.29) is 12.1 Å². The zero-order valence-electron chi connectivity index (χ0n) is 12.3. The maximum absolute atomic E-state index is 12.1. The molecule has 0 bridgehead atoms. The Hall–Kier alpha value is -2.11. The van der Waals surface area contributed by atoms with Crippen LogP contribution in [0, 0.1) is 0 Å². The second-order valence-corrected chi connectivity index (χ2v) is 5.72. The standard InChI is InChI=1S/C15H22N4O2/c1-11(9-12-5-4-8-17-10-12)18-14(21)19-15(13(16)20)6-2-3-7-15/h4-5,8,10-11H,2-3,6-7,9H2,1H3,(H2,16,20)(H2,18,19,21)/t11-/m0/s1. The van der Waals surface area contributed by atoms with Crippen molar-refractivity contribution in [3.05, 3.63) is 30.1 Å². The maximum Gasteiger partial charge on any atom is 0.315 e. The van der Waals surface area contributed by atoms with Gasteiger partial charge in [0.1, 0.15) is 5.54 Å². The summed E-state index contributed by atoms with van der Waals surface area (Å²) >= 11 is 0. The minimum atomic E-state index is -0.877. The molecule has 0 aromatic carbocycles. The smallest absolute Gasteiger partial charge is 0.315 e. The lowest BCUT2D eigenvalue weighted by Gasteiger charge is -2.27. The van der Waals surface area contributed by atoms with Crippen molar-refractivity contribution in [1.29, 1.82) is 0 Å². The molecule has 4 N–H and O–H groups in total. The summed E-state index contributed by atoms with van der Waals surface area (Å²) in [7, 11) is 0. The Morgan fingerprint density at radius 2 is 2.14 bits per heavy atom. The SMILES string of the molecule is C[C@@H](Cc1cccnc1)NC(=O)NC1(C(N)=O)CCCC1. The van der Waals surface area contributed by atoms with Crippen LogP contribution < -0.4 is 16.4 Å². The highest BCUT2D eigenvalue weighted by molar-refractivity contribution is 5.90. The number of rotatable bonds is 5. The van der Waals surface area contributed by atoms with Crippen LogP contribution in [-0.4, -0.2) is 28.5 Å². The second kappa shape index (κ2) is 6.56. The number of aromatic nitrogens is 1. The van der Waals surface area contributed by atoms with Gasteiger partial charge < -0.3 is 16.4 Å². The van der Waals surface area contributed by atoms with Gasteiger partial charge in [0.15, 0.2) is 0 Å². The fraction of sp³-hybridized carbons (Fsp3) is 0.533. The summed E-state index contributed by atoms with van der Waals surface area (Å²) in [5.74, 6) is -0.449. The van der Waals surface area contributed by atoms with Crippen molar-refractivity contribution in [1.82, 2.24) is 15.6 Å². The van der Waals surface area contributed by atoms with E-state index in [1.807, 2.05) is 19.1 Å². The van der Waals surface area contributed by atoms with Crippen LogP contribution in [-0.2, 0) is 11.2 Å². The number of carbonyl (C=O) groups is 2. The van der Waals surface area contributed by atoms with Gasteiger partial charge in [-0.25, -0.2) is 4.79 Å². The molecule has 1 heterocycles. The molecule has 0 aliphatic heterocycles. The third kappa shape index (κ3) is 3.93. The highest BCUT2D eigenvalue weighted by Crippen LogP contribution is 2.29. The van der Waals surface area contributed by atoms with Crippen molar-refractivity contribution >= 4 is 11.9 Å². The van der Waals surface area contributed by atoms with Gasteiger partial charge in [-0.05, 0) is 37.8 Å². The average Bonchev–Trinajstić information content (AvgIpc) is 2.89. The maximum atomic E-state index is 12.1. The largest absolute Gasteiger partial charge is 0.368 e. The number of hydrogen-bond donors (Lipinski definition) is 3. The second-order valence-electron chi connectivity index (χ2n) is 5.72. The minimum Gasteiger partial charge on any atom is -0.368 e. The molecule has 0 unspecified atom stereocenters. The van der Waals surface area contributed by atoms with E-state index in [1.165, 1.54) is 0 Å². The molecular weight excluding hydrogens is 268 g/mol. The van der Waals surface area contributed by atoms with Crippen molar-refractivity contribution < 1.29 is 9.59 Å². The Balaban J connectivity index is 1.87. The Labute approximate surface area is 124 Å². The zero-order valence-corrected chi connectivity index (χ0v) is 12.3. The summed E-state index contributed by atoms with van der Waals surface area (Å²) in [5.41, 5.74) is 5.62. The Morgan fingerprint density at radius 1 is 1.43 bits per heavy atom. The molecule has 21 heavy (non-hydrogen) atoms. The van der Waals surface area contributed by atoms with Crippen molar-refractivity contribution in [3.8, 4) is 0 Å². The molecule has 1 aromatic heterocycles. The first-order chi connectivity index (χ1) is 10.0. The van der Waals surface area contributed by atoms with E-state index in [1.54, 1.807) is 12.4 Å². The zero-order chi connectivity index (χ0) is 15.3. The molecule has 2 rings (SSSR count). The number of nitrogens with zero attached hydrogens (tertiary/aromatic N) is 1. The molecule has 1 aliphatic carbocycles. The molecule has 1 atom stereocenters. The molecule has 1 saturated carbocycles. The van der Waals surface area contributed by atoms with E-state index in [4.69, 9.17) is 5.73 Å². The van der Waals surface area contributed by atoms with E-state index in [9.17, 15) is 9.59 Å². The molecule has 3 amide bonds. The topological polar surface area (TPSA) is 97.1 Å². The van der Waals surface area contributed by atoms with Crippen LogP contribution in [0.2, 0.25) is 0 Å². The lowest BCUT2D eigenvalue weighted by molar-refractivity contribution is -0.123. The van der Waals surface area contributed by atoms with Gasteiger partial charge in [0, 0.05) is 18.4 Å². The number of pyridine rings is 1. The van der Waals surface area contributed by atoms with Crippen LogP contribution in [0.1, 0.15) is 38.2 Å².